The van der Waals surface area contributed by atoms with E-state index in [1.807, 2.05) is 5.38 Å². The molecule has 2 N–H and O–H groups in total. The van der Waals surface area contributed by atoms with Crippen molar-refractivity contribution < 1.29 is 13.2 Å². The molecule has 8 heteroatoms. The number of carbonyl (C=O) groups is 1. The summed E-state index contributed by atoms with van der Waals surface area (Å²) in [4.78, 5) is 15.9. The highest BCUT2D eigenvalue weighted by Gasteiger charge is 2.28. The van der Waals surface area contributed by atoms with Crippen LogP contribution >= 0.6 is 11.3 Å². The van der Waals surface area contributed by atoms with Crippen molar-refractivity contribution in [2.45, 2.75) is 18.9 Å². The van der Waals surface area contributed by atoms with E-state index in [-0.39, 0.29) is 29.9 Å². The van der Waals surface area contributed by atoms with Crippen LogP contribution in [-0.2, 0) is 21.1 Å². The quantitative estimate of drug-likeness (QED) is 0.816. The zero-order valence-corrected chi connectivity index (χ0v) is 11.6. The van der Waals surface area contributed by atoms with Gasteiger partial charge in [-0.15, -0.1) is 11.3 Å². The second-order valence-corrected chi connectivity index (χ2v) is 7.33. The minimum Gasteiger partial charge on any atom is -0.365 e. The molecule has 1 amide bonds. The van der Waals surface area contributed by atoms with Crippen LogP contribution in [0, 0.1) is 0 Å². The zero-order valence-electron chi connectivity index (χ0n) is 9.97. The van der Waals surface area contributed by atoms with Gasteiger partial charge in [-0.3, -0.25) is 4.79 Å². The van der Waals surface area contributed by atoms with Gasteiger partial charge in [-0.05, 0) is 6.42 Å². The van der Waals surface area contributed by atoms with E-state index < -0.39 is 9.84 Å². The van der Waals surface area contributed by atoms with E-state index in [2.05, 4.69) is 15.6 Å². The Labute approximate surface area is 110 Å². The fourth-order valence-corrected chi connectivity index (χ4v) is 4.20. The summed E-state index contributed by atoms with van der Waals surface area (Å²) < 4.78 is 22.5. The van der Waals surface area contributed by atoms with E-state index in [4.69, 9.17) is 0 Å². The second-order valence-electron chi connectivity index (χ2n) is 4.24. The summed E-state index contributed by atoms with van der Waals surface area (Å²) in [6.45, 7) is 0. The van der Waals surface area contributed by atoms with E-state index in [1.54, 1.807) is 7.05 Å². The molecule has 2 heterocycles. The van der Waals surface area contributed by atoms with Gasteiger partial charge < -0.3 is 10.6 Å². The van der Waals surface area contributed by atoms with E-state index in [9.17, 15) is 13.2 Å². The summed E-state index contributed by atoms with van der Waals surface area (Å²) in [5.41, 5.74) is 0.697. The third kappa shape index (κ3) is 3.42. The predicted octanol–water partition coefficient (Wildman–Crippen LogP) is 0.0306. The Balaban J connectivity index is 1.86. The van der Waals surface area contributed by atoms with Crippen LogP contribution < -0.4 is 10.6 Å². The maximum atomic E-state index is 11.7. The number of thiazole rings is 1. The average molecular weight is 289 g/mol. The maximum absolute atomic E-state index is 11.7. The molecule has 1 aliphatic heterocycles. The number of hydrogen-bond donors (Lipinski definition) is 2. The van der Waals surface area contributed by atoms with Gasteiger partial charge in [0.1, 0.15) is 0 Å². The molecular formula is C10H15N3O3S2. The van der Waals surface area contributed by atoms with Crippen LogP contribution in [0.4, 0.5) is 5.13 Å². The number of nitrogens with one attached hydrogen (secondary N) is 2. The molecule has 1 unspecified atom stereocenters. The first-order valence-corrected chi connectivity index (χ1v) is 8.30. The van der Waals surface area contributed by atoms with Crippen LogP contribution in [0.1, 0.15) is 12.1 Å². The van der Waals surface area contributed by atoms with Crippen molar-refractivity contribution >= 4 is 32.2 Å². The Hall–Kier alpha value is -1.15. The molecule has 0 saturated carbocycles. The molecule has 1 aromatic heterocycles. The molecule has 18 heavy (non-hydrogen) atoms. The summed E-state index contributed by atoms with van der Waals surface area (Å²) in [6, 6.07) is -0.245. The van der Waals surface area contributed by atoms with Crippen molar-refractivity contribution in [3.8, 4) is 0 Å². The lowest BCUT2D eigenvalue weighted by molar-refractivity contribution is -0.121. The van der Waals surface area contributed by atoms with Gasteiger partial charge in [-0.25, -0.2) is 13.4 Å². The summed E-state index contributed by atoms with van der Waals surface area (Å²) in [5, 5.41) is 8.22. The Kier molecular flexibility index (Phi) is 3.86. The van der Waals surface area contributed by atoms with Crippen molar-refractivity contribution in [3.63, 3.8) is 0 Å². The van der Waals surface area contributed by atoms with Crippen LogP contribution in [0.3, 0.4) is 0 Å². The van der Waals surface area contributed by atoms with Gasteiger partial charge in [-0.2, -0.15) is 0 Å². The van der Waals surface area contributed by atoms with E-state index >= 15 is 0 Å². The third-order valence-corrected chi connectivity index (χ3v) is 5.38. The highest BCUT2D eigenvalue weighted by atomic mass is 32.2. The second kappa shape index (κ2) is 5.23. The largest absolute Gasteiger partial charge is 0.365 e. The zero-order chi connectivity index (χ0) is 13.2. The normalized spacial score (nSPS) is 21.7. The number of rotatable bonds is 4. The van der Waals surface area contributed by atoms with Gasteiger partial charge in [0, 0.05) is 18.5 Å². The Morgan fingerprint density at radius 2 is 2.39 bits per heavy atom. The van der Waals surface area contributed by atoms with Crippen molar-refractivity contribution in [3.05, 3.63) is 11.1 Å². The Morgan fingerprint density at radius 1 is 1.61 bits per heavy atom. The summed E-state index contributed by atoms with van der Waals surface area (Å²) in [6.07, 6.45) is 0.696. The molecule has 1 saturated heterocycles. The Morgan fingerprint density at radius 3 is 2.94 bits per heavy atom. The van der Waals surface area contributed by atoms with Crippen LogP contribution in [0.5, 0.6) is 0 Å². The highest BCUT2D eigenvalue weighted by molar-refractivity contribution is 7.91. The monoisotopic (exact) mass is 289 g/mol. The lowest BCUT2D eigenvalue weighted by Crippen LogP contribution is -2.36. The smallest absolute Gasteiger partial charge is 0.226 e. The molecule has 6 nitrogen and oxygen atoms in total. The van der Waals surface area contributed by atoms with Gasteiger partial charge in [0.2, 0.25) is 5.91 Å². The fraction of sp³-hybridized carbons (Fsp3) is 0.600. The predicted molar refractivity (Wildman–Crippen MR) is 70.6 cm³/mol. The highest BCUT2D eigenvalue weighted by Crippen LogP contribution is 2.15. The molecule has 1 fully saturated rings. The summed E-state index contributed by atoms with van der Waals surface area (Å²) >= 11 is 1.44. The molecule has 1 atom stereocenters. The minimum atomic E-state index is -2.95. The molecule has 0 aromatic carbocycles. The molecule has 0 aliphatic carbocycles. The molecule has 1 aromatic rings. The number of nitrogens with zero attached hydrogens (tertiary/aromatic N) is 1. The topological polar surface area (TPSA) is 88.2 Å². The lowest BCUT2D eigenvalue weighted by atomic mass is 10.2. The van der Waals surface area contributed by atoms with Crippen LogP contribution in [0.25, 0.3) is 0 Å². The number of aromatic nitrogens is 1. The number of hydrogen-bond acceptors (Lipinski definition) is 6. The van der Waals surface area contributed by atoms with E-state index in [1.165, 1.54) is 11.3 Å². The van der Waals surface area contributed by atoms with Crippen molar-refractivity contribution in [2.75, 3.05) is 23.9 Å². The van der Waals surface area contributed by atoms with Crippen LogP contribution in [0.2, 0.25) is 0 Å². The molecular weight excluding hydrogens is 274 g/mol. The van der Waals surface area contributed by atoms with Gasteiger partial charge in [-0.1, -0.05) is 0 Å². The fourth-order valence-electron chi connectivity index (χ4n) is 1.86. The first-order chi connectivity index (χ1) is 8.48. The number of sulfone groups is 1. The van der Waals surface area contributed by atoms with Gasteiger partial charge in [0.05, 0.1) is 23.6 Å². The SMILES string of the molecule is CNc1nc(CC(=O)NC2CCS(=O)(=O)C2)cs1. The van der Waals surface area contributed by atoms with Crippen LogP contribution in [0.15, 0.2) is 5.38 Å². The summed E-state index contributed by atoms with van der Waals surface area (Å²) in [5.74, 6) is 0.0425. The van der Waals surface area contributed by atoms with Crippen molar-refractivity contribution in [1.82, 2.24) is 10.3 Å². The van der Waals surface area contributed by atoms with E-state index in [0.29, 0.717) is 12.1 Å². The van der Waals surface area contributed by atoms with E-state index in [0.717, 1.165) is 5.13 Å². The van der Waals surface area contributed by atoms with Crippen molar-refractivity contribution in [1.29, 1.82) is 0 Å². The first-order valence-electron chi connectivity index (χ1n) is 5.60. The molecule has 1 aliphatic rings. The van der Waals surface area contributed by atoms with Gasteiger partial charge >= 0.3 is 0 Å². The number of carbonyl (C=O) groups excluding carboxylic acids is 1. The molecule has 0 bridgehead atoms. The summed E-state index contributed by atoms with van der Waals surface area (Å²) in [7, 11) is -1.18. The van der Waals surface area contributed by atoms with Crippen LogP contribution in [-0.4, -0.2) is 43.9 Å². The van der Waals surface area contributed by atoms with Gasteiger partial charge in [0.25, 0.3) is 0 Å². The lowest BCUT2D eigenvalue weighted by Gasteiger charge is -2.09. The Bertz CT molecular complexity index is 538. The molecule has 100 valence electrons. The first kappa shape index (κ1) is 13.3. The maximum Gasteiger partial charge on any atom is 0.226 e. The molecule has 0 spiro atoms. The molecule has 0 radical (unpaired) electrons. The molecule has 2 rings (SSSR count). The average Bonchev–Trinajstić information content (AvgIpc) is 2.85. The van der Waals surface area contributed by atoms with Gasteiger partial charge in [0.15, 0.2) is 15.0 Å². The minimum absolute atomic E-state index is 0.0531. The number of amides is 1. The third-order valence-electron chi connectivity index (χ3n) is 2.70. The van der Waals surface area contributed by atoms with Crippen molar-refractivity contribution in [2.24, 2.45) is 0 Å². The standard InChI is InChI=1S/C10H15N3O3S2/c1-11-10-13-8(5-17-10)4-9(14)12-7-2-3-18(15,16)6-7/h5,7H,2-4,6H2,1H3,(H,11,13)(H,12,14). The number of anilines is 1.